The number of aryl methyl sites for hydroxylation is 1. The van der Waals surface area contributed by atoms with Gasteiger partial charge in [-0.25, -0.2) is 0 Å². The maximum absolute atomic E-state index is 6.98. The lowest BCUT2D eigenvalue weighted by Crippen LogP contribution is -2.58. The van der Waals surface area contributed by atoms with Crippen molar-refractivity contribution in [3.8, 4) is 0 Å². The molecule has 1 saturated heterocycles. The van der Waals surface area contributed by atoms with E-state index in [2.05, 4.69) is 67.6 Å². The monoisotopic (exact) mass is 574 g/mol. The van der Waals surface area contributed by atoms with Crippen LogP contribution >= 0.6 is 23.4 Å². The van der Waals surface area contributed by atoms with Crippen LogP contribution < -0.4 is 0 Å². The first-order valence-corrected chi connectivity index (χ1v) is 14.9. The highest BCUT2D eigenvalue weighted by molar-refractivity contribution is 8.00. The van der Waals surface area contributed by atoms with Crippen molar-refractivity contribution in [2.75, 3.05) is 6.61 Å². The molecule has 40 heavy (non-hydrogen) atoms. The van der Waals surface area contributed by atoms with Crippen LogP contribution in [0.25, 0.3) is 0 Å². The van der Waals surface area contributed by atoms with Gasteiger partial charge in [0.25, 0.3) is 0 Å². The molecule has 1 fully saturated rings. The van der Waals surface area contributed by atoms with E-state index in [4.69, 9.17) is 30.5 Å². The van der Waals surface area contributed by atoms with Crippen molar-refractivity contribution >= 4 is 23.4 Å². The number of hydrogen-bond donors (Lipinski definition) is 0. The van der Waals surface area contributed by atoms with Crippen LogP contribution in [0, 0.1) is 6.92 Å². The Morgan fingerprint density at radius 1 is 0.650 bits per heavy atom. The van der Waals surface area contributed by atoms with Crippen LogP contribution in [0.4, 0.5) is 0 Å². The molecule has 0 aromatic heterocycles. The van der Waals surface area contributed by atoms with Crippen molar-refractivity contribution < 1.29 is 18.9 Å². The quantitative estimate of drug-likeness (QED) is 0.161. The molecule has 5 rings (SSSR count). The van der Waals surface area contributed by atoms with E-state index in [0.717, 1.165) is 21.6 Å². The number of halogens is 1. The fourth-order valence-corrected chi connectivity index (χ4v) is 6.27. The zero-order valence-electron chi connectivity index (χ0n) is 22.6. The Morgan fingerprint density at radius 2 is 1.15 bits per heavy atom. The molecule has 0 unspecified atom stereocenters. The van der Waals surface area contributed by atoms with Crippen molar-refractivity contribution in [2.24, 2.45) is 0 Å². The summed E-state index contributed by atoms with van der Waals surface area (Å²) >= 11 is 8.65. The summed E-state index contributed by atoms with van der Waals surface area (Å²) in [6, 6.07) is 38.9. The molecule has 5 atom stereocenters. The van der Waals surface area contributed by atoms with Gasteiger partial charge in [0.05, 0.1) is 31.7 Å². The molecule has 4 aromatic rings. The highest BCUT2D eigenvalue weighted by Crippen LogP contribution is 2.39. The SMILES string of the molecule is Cc1ccc(S[C@@H]2[C@@H](OCc3ccccc3)[C@@H](OCc3ccccc3)[C@@H](COCc3ccccc3)O[C@@H]2Cl)cc1. The fourth-order valence-electron chi connectivity index (χ4n) is 4.69. The predicted molar refractivity (Wildman–Crippen MR) is 161 cm³/mol. The Balaban J connectivity index is 1.39. The molecular formula is C34H35ClO4S. The standard InChI is InChI=1S/C34H35ClO4S/c1-25-17-19-29(20-18-25)40-33-32(38-23-28-15-9-4-10-16-28)31(37-22-27-13-7-3-8-14-27)30(39-34(33)35)24-36-21-26-11-5-2-6-12-26/h2-20,30-34H,21-24H2,1H3/t30-,31+,32+,33-,34+/m1/s1. The Hall–Kier alpha value is -2.64. The smallest absolute Gasteiger partial charge is 0.146 e. The molecule has 4 nitrogen and oxygen atoms in total. The van der Waals surface area contributed by atoms with E-state index in [0.29, 0.717) is 26.4 Å². The first-order chi connectivity index (χ1) is 19.7. The van der Waals surface area contributed by atoms with Crippen LogP contribution in [-0.4, -0.2) is 35.7 Å². The van der Waals surface area contributed by atoms with Crippen LogP contribution in [-0.2, 0) is 38.8 Å². The number of rotatable bonds is 12. The summed E-state index contributed by atoms with van der Waals surface area (Å²) in [6.07, 6.45) is -1.12. The number of ether oxygens (including phenoxy) is 4. The molecule has 0 radical (unpaired) electrons. The van der Waals surface area contributed by atoms with Crippen LogP contribution in [0.2, 0.25) is 0 Å². The molecule has 0 N–H and O–H groups in total. The van der Waals surface area contributed by atoms with E-state index in [-0.39, 0.29) is 11.4 Å². The summed E-state index contributed by atoms with van der Waals surface area (Å²) in [5, 5.41) is -0.195. The second-order valence-electron chi connectivity index (χ2n) is 9.94. The van der Waals surface area contributed by atoms with Crippen molar-refractivity contribution in [2.45, 2.75) is 60.8 Å². The Bertz CT molecular complexity index is 1270. The lowest BCUT2D eigenvalue weighted by Gasteiger charge is -2.44. The third kappa shape index (κ3) is 8.20. The molecule has 0 aliphatic carbocycles. The van der Waals surface area contributed by atoms with Crippen LogP contribution in [0.5, 0.6) is 0 Å². The van der Waals surface area contributed by atoms with Crippen molar-refractivity contribution in [1.82, 2.24) is 0 Å². The third-order valence-corrected chi connectivity index (χ3v) is 8.69. The molecule has 0 amide bonds. The highest BCUT2D eigenvalue weighted by atomic mass is 35.5. The maximum Gasteiger partial charge on any atom is 0.146 e. The molecular weight excluding hydrogens is 540 g/mol. The number of hydrogen-bond acceptors (Lipinski definition) is 5. The molecule has 0 bridgehead atoms. The van der Waals surface area contributed by atoms with Gasteiger partial charge in [-0.05, 0) is 35.7 Å². The zero-order chi connectivity index (χ0) is 27.6. The van der Waals surface area contributed by atoms with Gasteiger partial charge in [0.1, 0.15) is 23.9 Å². The Morgan fingerprint density at radius 3 is 1.70 bits per heavy atom. The summed E-state index contributed by atoms with van der Waals surface area (Å²) < 4.78 is 25.9. The van der Waals surface area contributed by atoms with E-state index in [1.165, 1.54) is 5.56 Å². The normalized spacial score (nSPS) is 22.7. The van der Waals surface area contributed by atoms with Gasteiger partial charge in [0.15, 0.2) is 0 Å². The van der Waals surface area contributed by atoms with Crippen molar-refractivity contribution in [3.05, 3.63) is 138 Å². The number of alkyl halides is 1. The molecule has 208 valence electrons. The van der Waals surface area contributed by atoms with Gasteiger partial charge in [-0.15, -0.1) is 11.8 Å². The fraction of sp³-hybridized carbons (Fsp3) is 0.294. The molecule has 0 saturated carbocycles. The summed E-state index contributed by atoms with van der Waals surface area (Å²) in [7, 11) is 0. The Kier molecular flexibility index (Phi) is 10.7. The average Bonchev–Trinajstić information content (AvgIpc) is 2.99. The molecule has 1 aliphatic rings. The van der Waals surface area contributed by atoms with Gasteiger partial charge < -0.3 is 18.9 Å². The van der Waals surface area contributed by atoms with Gasteiger partial charge in [-0.3, -0.25) is 0 Å². The Labute approximate surface area is 246 Å². The van der Waals surface area contributed by atoms with Gasteiger partial charge in [0, 0.05) is 4.90 Å². The lowest BCUT2D eigenvalue weighted by atomic mass is 10.0. The van der Waals surface area contributed by atoms with Gasteiger partial charge in [-0.2, -0.15) is 0 Å². The zero-order valence-corrected chi connectivity index (χ0v) is 24.2. The lowest BCUT2D eigenvalue weighted by molar-refractivity contribution is -0.202. The van der Waals surface area contributed by atoms with Crippen LogP contribution in [0.15, 0.2) is 120 Å². The molecule has 1 heterocycles. The number of benzene rings is 4. The molecule has 6 heteroatoms. The summed E-state index contributed by atoms with van der Waals surface area (Å²) in [5.41, 5.74) is 3.91. The predicted octanol–water partition coefficient (Wildman–Crippen LogP) is 7.81. The minimum Gasteiger partial charge on any atom is -0.374 e. The first-order valence-electron chi connectivity index (χ1n) is 13.6. The molecule has 4 aromatic carbocycles. The van der Waals surface area contributed by atoms with E-state index >= 15 is 0 Å². The average molecular weight is 575 g/mol. The highest BCUT2D eigenvalue weighted by Gasteiger charge is 2.47. The van der Waals surface area contributed by atoms with E-state index in [1.54, 1.807) is 11.8 Å². The largest absolute Gasteiger partial charge is 0.374 e. The van der Waals surface area contributed by atoms with E-state index in [1.807, 2.05) is 54.6 Å². The first kappa shape index (κ1) is 28.9. The van der Waals surface area contributed by atoms with E-state index in [9.17, 15) is 0 Å². The topological polar surface area (TPSA) is 36.9 Å². The summed E-state index contributed by atoms with van der Waals surface area (Å²) in [6.45, 7) is 3.79. The van der Waals surface area contributed by atoms with E-state index < -0.39 is 17.8 Å². The van der Waals surface area contributed by atoms with Crippen molar-refractivity contribution in [1.29, 1.82) is 0 Å². The second kappa shape index (κ2) is 14.8. The summed E-state index contributed by atoms with van der Waals surface area (Å²) in [4.78, 5) is 1.11. The number of thioether (sulfide) groups is 1. The third-order valence-electron chi connectivity index (χ3n) is 6.83. The molecule has 0 spiro atoms. The van der Waals surface area contributed by atoms with Crippen molar-refractivity contribution in [3.63, 3.8) is 0 Å². The summed E-state index contributed by atoms with van der Waals surface area (Å²) in [5.74, 6) is 0. The van der Waals surface area contributed by atoms with Gasteiger partial charge in [0.2, 0.25) is 0 Å². The minimum atomic E-state index is -0.589. The van der Waals surface area contributed by atoms with Gasteiger partial charge in [-0.1, -0.05) is 120 Å². The van der Waals surface area contributed by atoms with Gasteiger partial charge >= 0.3 is 0 Å². The second-order valence-corrected chi connectivity index (χ2v) is 11.6. The van der Waals surface area contributed by atoms with Crippen LogP contribution in [0.3, 0.4) is 0 Å². The maximum atomic E-state index is 6.98. The van der Waals surface area contributed by atoms with Crippen LogP contribution in [0.1, 0.15) is 22.3 Å². The molecule has 1 aliphatic heterocycles. The minimum absolute atomic E-state index is 0.195.